The highest BCUT2D eigenvalue weighted by molar-refractivity contribution is 5.38. The van der Waals surface area contributed by atoms with Gasteiger partial charge in [-0.05, 0) is 6.07 Å². The number of nitrogens with two attached hydrogens (primary N) is 1. The molecule has 0 aromatic heterocycles. The monoisotopic (exact) mass is 210 g/mol. The summed E-state index contributed by atoms with van der Waals surface area (Å²) in [4.78, 5) is 0. The molecule has 1 saturated heterocycles. The van der Waals surface area contributed by atoms with E-state index in [1.165, 1.54) is 12.1 Å². The van der Waals surface area contributed by atoms with Gasteiger partial charge in [0.15, 0.2) is 0 Å². The first-order valence-corrected chi connectivity index (χ1v) is 5.02. The Morgan fingerprint density at radius 2 is 2.27 bits per heavy atom. The van der Waals surface area contributed by atoms with Gasteiger partial charge in [0.25, 0.3) is 0 Å². The van der Waals surface area contributed by atoms with Crippen molar-refractivity contribution in [2.24, 2.45) is 5.73 Å². The van der Waals surface area contributed by atoms with Crippen LogP contribution in [0.2, 0.25) is 0 Å². The lowest BCUT2D eigenvalue weighted by Crippen LogP contribution is -2.27. The molecule has 0 radical (unpaired) electrons. The van der Waals surface area contributed by atoms with Crippen LogP contribution in [0.3, 0.4) is 0 Å². The molecule has 4 heteroatoms. The van der Waals surface area contributed by atoms with Crippen molar-refractivity contribution in [1.29, 1.82) is 0 Å². The maximum Gasteiger partial charge on any atom is 0.126 e. The van der Waals surface area contributed by atoms with Gasteiger partial charge in [-0.15, -0.1) is 0 Å². The number of methoxy groups -OCH3 is 1. The standard InChI is InChI=1S/C11H15FN2O/c1-15-11-4-7(12)2-3-8(11)9-5-14-6-10(9)13/h2-4,9-10,14H,5-6,13H2,1H3. The van der Waals surface area contributed by atoms with Crippen LogP contribution in [0, 0.1) is 5.82 Å². The Hall–Kier alpha value is -1.13. The van der Waals surface area contributed by atoms with Crippen LogP contribution < -0.4 is 15.8 Å². The van der Waals surface area contributed by atoms with Gasteiger partial charge in [-0.25, -0.2) is 4.39 Å². The summed E-state index contributed by atoms with van der Waals surface area (Å²) in [5.41, 5.74) is 6.94. The fourth-order valence-corrected chi connectivity index (χ4v) is 2.03. The minimum atomic E-state index is -0.282. The quantitative estimate of drug-likeness (QED) is 0.760. The number of halogens is 1. The Balaban J connectivity index is 2.34. The molecule has 0 spiro atoms. The zero-order chi connectivity index (χ0) is 10.8. The van der Waals surface area contributed by atoms with E-state index in [0.717, 1.165) is 18.7 Å². The molecule has 15 heavy (non-hydrogen) atoms. The van der Waals surface area contributed by atoms with Crippen LogP contribution in [-0.4, -0.2) is 26.2 Å². The van der Waals surface area contributed by atoms with E-state index in [9.17, 15) is 4.39 Å². The fraction of sp³-hybridized carbons (Fsp3) is 0.455. The molecule has 1 aromatic rings. The molecular formula is C11H15FN2O. The maximum atomic E-state index is 13.0. The molecule has 1 fully saturated rings. The third-order valence-corrected chi connectivity index (χ3v) is 2.86. The van der Waals surface area contributed by atoms with Crippen molar-refractivity contribution in [3.05, 3.63) is 29.6 Å². The van der Waals surface area contributed by atoms with E-state index in [-0.39, 0.29) is 17.8 Å². The molecular weight excluding hydrogens is 195 g/mol. The lowest BCUT2D eigenvalue weighted by molar-refractivity contribution is 0.401. The first-order chi connectivity index (χ1) is 7.22. The summed E-state index contributed by atoms with van der Waals surface area (Å²) in [6.45, 7) is 1.62. The fourth-order valence-electron chi connectivity index (χ4n) is 2.03. The zero-order valence-corrected chi connectivity index (χ0v) is 8.66. The Morgan fingerprint density at radius 3 is 2.87 bits per heavy atom. The predicted molar refractivity (Wildman–Crippen MR) is 56.5 cm³/mol. The minimum Gasteiger partial charge on any atom is -0.496 e. The van der Waals surface area contributed by atoms with Gasteiger partial charge in [0.05, 0.1) is 7.11 Å². The molecule has 1 heterocycles. The minimum absolute atomic E-state index is 0.0735. The molecule has 0 saturated carbocycles. The second-order valence-corrected chi connectivity index (χ2v) is 3.81. The van der Waals surface area contributed by atoms with Gasteiger partial charge < -0.3 is 15.8 Å². The maximum absolute atomic E-state index is 13.0. The van der Waals surface area contributed by atoms with E-state index >= 15 is 0 Å². The Morgan fingerprint density at radius 1 is 1.47 bits per heavy atom. The summed E-state index contributed by atoms with van der Waals surface area (Å²) in [5.74, 6) is 0.509. The van der Waals surface area contributed by atoms with E-state index in [2.05, 4.69) is 5.32 Å². The zero-order valence-electron chi connectivity index (χ0n) is 8.66. The lowest BCUT2D eigenvalue weighted by atomic mass is 9.94. The smallest absolute Gasteiger partial charge is 0.126 e. The Bertz CT molecular complexity index is 356. The highest BCUT2D eigenvalue weighted by atomic mass is 19.1. The number of rotatable bonds is 2. The molecule has 1 aliphatic heterocycles. The van der Waals surface area contributed by atoms with Gasteiger partial charge >= 0.3 is 0 Å². The molecule has 2 unspecified atom stereocenters. The average Bonchev–Trinajstić information content (AvgIpc) is 2.64. The number of hydrogen-bond acceptors (Lipinski definition) is 3. The van der Waals surface area contributed by atoms with Gasteiger partial charge in [-0.2, -0.15) is 0 Å². The first-order valence-electron chi connectivity index (χ1n) is 5.02. The second-order valence-electron chi connectivity index (χ2n) is 3.81. The average molecular weight is 210 g/mol. The van der Waals surface area contributed by atoms with Crippen LogP contribution in [0.5, 0.6) is 5.75 Å². The molecule has 3 nitrogen and oxygen atoms in total. The van der Waals surface area contributed by atoms with Gasteiger partial charge in [0.2, 0.25) is 0 Å². The first kappa shape index (κ1) is 10.4. The highest BCUT2D eigenvalue weighted by Gasteiger charge is 2.27. The second kappa shape index (κ2) is 4.16. The SMILES string of the molecule is COc1cc(F)ccc1C1CNCC1N. The van der Waals surface area contributed by atoms with Crippen molar-refractivity contribution < 1.29 is 9.13 Å². The van der Waals surface area contributed by atoms with Crippen molar-refractivity contribution >= 4 is 0 Å². The van der Waals surface area contributed by atoms with Crippen molar-refractivity contribution in [3.8, 4) is 5.75 Å². The third-order valence-electron chi connectivity index (χ3n) is 2.86. The highest BCUT2D eigenvalue weighted by Crippen LogP contribution is 2.30. The van der Waals surface area contributed by atoms with Gasteiger partial charge in [0, 0.05) is 36.7 Å². The summed E-state index contributed by atoms with van der Waals surface area (Å²) in [5, 5.41) is 3.21. The summed E-state index contributed by atoms with van der Waals surface area (Å²) in [7, 11) is 1.55. The molecule has 2 rings (SSSR count). The molecule has 0 aliphatic carbocycles. The number of hydrogen-bond donors (Lipinski definition) is 2. The van der Waals surface area contributed by atoms with Crippen molar-refractivity contribution in [2.45, 2.75) is 12.0 Å². The third kappa shape index (κ3) is 1.96. The van der Waals surface area contributed by atoms with E-state index in [0.29, 0.717) is 5.75 Å². The predicted octanol–water partition coefficient (Wildman–Crippen LogP) is 0.848. The largest absolute Gasteiger partial charge is 0.496 e. The molecule has 1 aromatic carbocycles. The number of benzene rings is 1. The van der Waals surface area contributed by atoms with E-state index in [1.807, 2.05) is 0 Å². The van der Waals surface area contributed by atoms with E-state index < -0.39 is 0 Å². The molecule has 82 valence electrons. The Labute approximate surface area is 88.4 Å². The van der Waals surface area contributed by atoms with Crippen molar-refractivity contribution in [1.82, 2.24) is 5.32 Å². The van der Waals surface area contributed by atoms with Crippen LogP contribution in [0.25, 0.3) is 0 Å². The molecule has 0 bridgehead atoms. The van der Waals surface area contributed by atoms with Crippen LogP contribution in [0.4, 0.5) is 4.39 Å². The van der Waals surface area contributed by atoms with E-state index in [4.69, 9.17) is 10.5 Å². The molecule has 0 amide bonds. The lowest BCUT2D eigenvalue weighted by Gasteiger charge is -2.17. The summed E-state index contributed by atoms with van der Waals surface area (Å²) >= 11 is 0. The van der Waals surface area contributed by atoms with Crippen molar-refractivity contribution in [2.75, 3.05) is 20.2 Å². The summed E-state index contributed by atoms with van der Waals surface area (Å²) < 4.78 is 18.2. The molecule has 1 aliphatic rings. The number of ether oxygens (including phenoxy) is 1. The van der Waals surface area contributed by atoms with Crippen LogP contribution >= 0.6 is 0 Å². The molecule has 2 atom stereocenters. The normalized spacial score (nSPS) is 25.5. The molecule has 3 N–H and O–H groups in total. The van der Waals surface area contributed by atoms with Crippen molar-refractivity contribution in [3.63, 3.8) is 0 Å². The van der Waals surface area contributed by atoms with E-state index in [1.54, 1.807) is 13.2 Å². The van der Waals surface area contributed by atoms with Crippen LogP contribution in [0.15, 0.2) is 18.2 Å². The Kier molecular flexibility index (Phi) is 2.88. The topological polar surface area (TPSA) is 47.3 Å². The van der Waals surface area contributed by atoms with Crippen LogP contribution in [-0.2, 0) is 0 Å². The van der Waals surface area contributed by atoms with Crippen LogP contribution in [0.1, 0.15) is 11.5 Å². The van der Waals surface area contributed by atoms with Gasteiger partial charge in [0.1, 0.15) is 11.6 Å². The van der Waals surface area contributed by atoms with Gasteiger partial charge in [-0.3, -0.25) is 0 Å². The summed E-state index contributed by atoms with van der Waals surface area (Å²) in [6.07, 6.45) is 0. The van der Waals surface area contributed by atoms with Gasteiger partial charge in [-0.1, -0.05) is 6.07 Å². The summed E-state index contributed by atoms with van der Waals surface area (Å²) in [6, 6.07) is 4.68. The number of nitrogens with one attached hydrogen (secondary N) is 1.